The predicted molar refractivity (Wildman–Crippen MR) is 89.3 cm³/mol. The van der Waals surface area contributed by atoms with Gasteiger partial charge in [-0.25, -0.2) is 0 Å². The maximum absolute atomic E-state index is 12.2. The number of nitro benzene ring substituents is 1. The van der Waals surface area contributed by atoms with Crippen LogP contribution in [0.25, 0.3) is 0 Å². The zero-order valence-corrected chi connectivity index (χ0v) is 13.0. The van der Waals surface area contributed by atoms with Gasteiger partial charge < -0.3 is 14.8 Å². The van der Waals surface area contributed by atoms with Crippen molar-refractivity contribution in [2.45, 2.75) is 0 Å². The molecule has 0 unspecified atom stereocenters. The summed E-state index contributed by atoms with van der Waals surface area (Å²) in [6.07, 6.45) is 0. The highest BCUT2D eigenvalue weighted by molar-refractivity contribution is 7.80. The number of nitro groups is 1. The Balaban J connectivity index is 1.65. The first-order chi connectivity index (χ1) is 11.5. The lowest BCUT2D eigenvalue weighted by molar-refractivity contribution is -0.384. The molecule has 1 heterocycles. The van der Waals surface area contributed by atoms with Crippen molar-refractivity contribution in [2.24, 2.45) is 0 Å². The molecule has 0 atom stereocenters. The minimum Gasteiger partial charge on any atom is -0.454 e. The molecule has 2 N–H and O–H groups in total. The number of nitrogens with one attached hydrogen (secondary N) is 2. The summed E-state index contributed by atoms with van der Waals surface area (Å²) < 4.78 is 10.4. The third-order valence-electron chi connectivity index (χ3n) is 3.18. The zero-order valence-electron chi connectivity index (χ0n) is 12.1. The van der Waals surface area contributed by atoms with Gasteiger partial charge in [-0.1, -0.05) is 6.07 Å². The van der Waals surface area contributed by atoms with Crippen LogP contribution in [0.4, 0.5) is 11.4 Å². The first-order valence-corrected chi connectivity index (χ1v) is 7.20. The number of amides is 1. The number of hydrogen-bond acceptors (Lipinski definition) is 6. The zero-order chi connectivity index (χ0) is 17.1. The summed E-state index contributed by atoms with van der Waals surface area (Å²) in [4.78, 5) is 22.4. The fourth-order valence-electron chi connectivity index (χ4n) is 2.07. The normalized spacial score (nSPS) is 11.7. The molecule has 1 aliphatic heterocycles. The maximum atomic E-state index is 12.2. The van der Waals surface area contributed by atoms with Crippen LogP contribution in [0.5, 0.6) is 11.5 Å². The van der Waals surface area contributed by atoms with Gasteiger partial charge in [0, 0.05) is 23.4 Å². The fourth-order valence-corrected chi connectivity index (χ4v) is 2.28. The second kappa shape index (κ2) is 6.50. The monoisotopic (exact) mass is 345 g/mol. The van der Waals surface area contributed by atoms with Crippen LogP contribution in [0, 0.1) is 10.1 Å². The molecule has 0 radical (unpaired) electrons. The van der Waals surface area contributed by atoms with Gasteiger partial charge in [-0.2, -0.15) is 0 Å². The predicted octanol–water partition coefficient (Wildman–Crippen LogP) is 2.45. The molecule has 2 aromatic rings. The quantitative estimate of drug-likeness (QED) is 0.500. The lowest BCUT2D eigenvalue weighted by Crippen LogP contribution is -2.34. The highest BCUT2D eigenvalue weighted by Crippen LogP contribution is 2.32. The Morgan fingerprint density at radius 2 is 1.96 bits per heavy atom. The number of nitrogens with zero attached hydrogens (tertiary/aromatic N) is 1. The Morgan fingerprint density at radius 1 is 1.17 bits per heavy atom. The average Bonchev–Trinajstić information content (AvgIpc) is 3.02. The average molecular weight is 345 g/mol. The highest BCUT2D eigenvalue weighted by atomic mass is 32.1. The number of rotatable bonds is 3. The van der Waals surface area contributed by atoms with Crippen molar-refractivity contribution in [2.75, 3.05) is 12.1 Å². The van der Waals surface area contributed by atoms with E-state index in [-0.39, 0.29) is 17.6 Å². The number of benzene rings is 2. The van der Waals surface area contributed by atoms with E-state index in [0.29, 0.717) is 22.7 Å². The van der Waals surface area contributed by atoms with E-state index in [0.717, 1.165) is 0 Å². The molecular formula is C15H11N3O5S. The van der Waals surface area contributed by atoms with Gasteiger partial charge in [0.05, 0.1) is 4.92 Å². The van der Waals surface area contributed by atoms with Crippen LogP contribution in [0.1, 0.15) is 10.4 Å². The van der Waals surface area contributed by atoms with Crippen molar-refractivity contribution in [3.8, 4) is 11.5 Å². The molecule has 3 rings (SSSR count). The van der Waals surface area contributed by atoms with E-state index in [1.54, 1.807) is 24.3 Å². The standard InChI is InChI=1S/C15H11N3O5S/c19-14(9-4-5-12-13(6-9)23-8-22-12)17-15(24)16-10-2-1-3-11(7-10)18(20)21/h1-7H,8H2,(H2,16,17,19,24). The molecule has 0 fully saturated rings. The van der Waals surface area contributed by atoms with Crippen molar-refractivity contribution in [1.82, 2.24) is 5.32 Å². The minimum atomic E-state index is -0.514. The van der Waals surface area contributed by atoms with Crippen LogP contribution in [-0.4, -0.2) is 22.7 Å². The number of thiocarbonyl (C=S) groups is 1. The number of anilines is 1. The van der Waals surface area contributed by atoms with Gasteiger partial charge in [-0.15, -0.1) is 0 Å². The van der Waals surface area contributed by atoms with Gasteiger partial charge in [0.1, 0.15) is 0 Å². The van der Waals surface area contributed by atoms with E-state index in [9.17, 15) is 14.9 Å². The topological polar surface area (TPSA) is 103 Å². The second-order valence-corrected chi connectivity index (χ2v) is 5.19. The van der Waals surface area contributed by atoms with Gasteiger partial charge in [0.15, 0.2) is 16.6 Å². The van der Waals surface area contributed by atoms with E-state index in [1.165, 1.54) is 18.2 Å². The molecule has 2 aromatic carbocycles. The van der Waals surface area contributed by atoms with E-state index >= 15 is 0 Å². The van der Waals surface area contributed by atoms with Crippen LogP contribution >= 0.6 is 12.2 Å². The molecule has 1 aliphatic rings. The third kappa shape index (κ3) is 3.41. The van der Waals surface area contributed by atoms with Gasteiger partial charge in [0.2, 0.25) is 6.79 Å². The SMILES string of the molecule is O=C(NC(=S)Nc1cccc([N+](=O)[O-])c1)c1ccc2c(c1)OCO2. The summed E-state index contributed by atoms with van der Waals surface area (Å²) in [6, 6.07) is 10.6. The lowest BCUT2D eigenvalue weighted by Gasteiger charge is -2.09. The number of ether oxygens (including phenoxy) is 2. The second-order valence-electron chi connectivity index (χ2n) is 4.78. The number of fused-ring (bicyclic) bond motifs is 1. The lowest BCUT2D eigenvalue weighted by atomic mass is 10.2. The first-order valence-electron chi connectivity index (χ1n) is 6.79. The number of non-ortho nitro benzene ring substituents is 1. The van der Waals surface area contributed by atoms with Crippen molar-refractivity contribution in [3.63, 3.8) is 0 Å². The molecule has 0 aromatic heterocycles. The molecule has 8 nitrogen and oxygen atoms in total. The molecule has 9 heteroatoms. The summed E-state index contributed by atoms with van der Waals surface area (Å²) in [7, 11) is 0. The van der Waals surface area contributed by atoms with Gasteiger partial charge >= 0.3 is 0 Å². The van der Waals surface area contributed by atoms with Gasteiger partial charge in [-0.3, -0.25) is 20.2 Å². The first kappa shape index (κ1) is 15.7. The van der Waals surface area contributed by atoms with Crippen LogP contribution in [-0.2, 0) is 0 Å². The summed E-state index contributed by atoms with van der Waals surface area (Å²) in [5, 5.41) is 16.0. The number of carbonyl (C=O) groups is 1. The number of hydrogen-bond donors (Lipinski definition) is 2. The minimum absolute atomic E-state index is 0.0261. The third-order valence-corrected chi connectivity index (χ3v) is 3.38. The highest BCUT2D eigenvalue weighted by Gasteiger charge is 2.17. The Kier molecular flexibility index (Phi) is 4.25. The molecule has 1 amide bonds. The largest absolute Gasteiger partial charge is 0.454 e. The summed E-state index contributed by atoms with van der Waals surface area (Å²) in [6.45, 7) is 0.118. The molecular weight excluding hydrogens is 334 g/mol. The maximum Gasteiger partial charge on any atom is 0.271 e. The van der Waals surface area contributed by atoms with Gasteiger partial charge in [0.25, 0.3) is 11.6 Å². The Morgan fingerprint density at radius 3 is 2.75 bits per heavy atom. The fraction of sp³-hybridized carbons (Fsp3) is 0.0667. The molecule has 24 heavy (non-hydrogen) atoms. The molecule has 0 saturated carbocycles. The number of carbonyl (C=O) groups excluding carboxylic acids is 1. The molecule has 0 spiro atoms. The van der Waals surface area contributed by atoms with Crippen LogP contribution in [0.15, 0.2) is 42.5 Å². The summed E-state index contributed by atoms with van der Waals surface area (Å²) in [5.41, 5.74) is 0.674. The van der Waals surface area contributed by atoms with E-state index in [4.69, 9.17) is 21.7 Å². The van der Waals surface area contributed by atoms with E-state index < -0.39 is 10.8 Å². The van der Waals surface area contributed by atoms with E-state index in [1.807, 2.05) is 0 Å². The van der Waals surface area contributed by atoms with Crippen molar-refractivity contribution in [1.29, 1.82) is 0 Å². The van der Waals surface area contributed by atoms with Gasteiger partial charge in [-0.05, 0) is 36.5 Å². The van der Waals surface area contributed by atoms with Crippen molar-refractivity contribution in [3.05, 3.63) is 58.1 Å². The Bertz CT molecular complexity index is 840. The Labute approximate surface area is 141 Å². The molecule has 0 bridgehead atoms. The van der Waals surface area contributed by atoms with E-state index in [2.05, 4.69) is 10.6 Å². The molecule has 0 saturated heterocycles. The van der Waals surface area contributed by atoms with Crippen LogP contribution in [0.3, 0.4) is 0 Å². The van der Waals surface area contributed by atoms with Crippen LogP contribution in [0.2, 0.25) is 0 Å². The van der Waals surface area contributed by atoms with Crippen molar-refractivity contribution < 1.29 is 19.2 Å². The molecule has 0 aliphatic carbocycles. The van der Waals surface area contributed by atoms with Crippen molar-refractivity contribution >= 4 is 34.6 Å². The summed E-state index contributed by atoms with van der Waals surface area (Å²) in [5.74, 6) is 0.625. The molecule has 122 valence electrons. The Hall–Kier alpha value is -3.20. The smallest absolute Gasteiger partial charge is 0.271 e. The van der Waals surface area contributed by atoms with Crippen LogP contribution < -0.4 is 20.1 Å². The summed E-state index contributed by atoms with van der Waals surface area (Å²) >= 11 is 5.05.